The summed E-state index contributed by atoms with van der Waals surface area (Å²) in [6.07, 6.45) is 0.147. The van der Waals surface area contributed by atoms with Crippen LogP contribution in [-0.2, 0) is 6.54 Å². The molecule has 0 amide bonds. The van der Waals surface area contributed by atoms with Crippen molar-refractivity contribution in [1.29, 1.82) is 0 Å². The van der Waals surface area contributed by atoms with Crippen molar-refractivity contribution in [3.63, 3.8) is 0 Å². The first-order valence-electron chi connectivity index (χ1n) is 6.68. The summed E-state index contributed by atoms with van der Waals surface area (Å²) < 4.78 is 5.85. The Morgan fingerprint density at radius 1 is 1.30 bits per heavy atom. The van der Waals surface area contributed by atoms with Crippen LogP contribution in [0.25, 0.3) is 0 Å². The molecule has 3 rings (SSSR count). The Morgan fingerprint density at radius 3 is 2.90 bits per heavy atom. The van der Waals surface area contributed by atoms with Gasteiger partial charge in [0.15, 0.2) is 0 Å². The largest absolute Gasteiger partial charge is 0.487 e. The van der Waals surface area contributed by atoms with E-state index < -0.39 is 0 Å². The van der Waals surface area contributed by atoms with Gasteiger partial charge < -0.3 is 15.4 Å². The van der Waals surface area contributed by atoms with Crippen molar-refractivity contribution >= 4 is 23.0 Å². The topological polar surface area (TPSA) is 38.5 Å². The number of hydrogen-bond acceptors (Lipinski definition) is 3. The third-order valence-corrected chi connectivity index (χ3v) is 3.82. The van der Waals surface area contributed by atoms with Crippen LogP contribution >= 0.6 is 11.6 Å². The van der Waals surface area contributed by atoms with Gasteiger partial charge >= 0.3 is 0 Å². The van der Waals surface area contributed by atoms with Gasteiger partial charge in [0.05, 0.1) is 12.2 Å². The fourth-order valence-electron chi connectivity index (χ4n) is 2.53. The van der Waals surface area contributed by atoms with E-state index in [9.17, 15) is 0 Å². The third-order valence-electron chi connectivity index (χ3n) is 3.45. The lowest BCUT2D eigenvalue weighted by Gasteiger charge is -2.35. The number of nitrogen functional groups attached to an aromatic ring is 1. The number of hydrogen-bond donors (Lipinski definition) is 1. The lowest BCUT2D eigenvalue weighted by atomic mass is 10.1. The quantitative estimate of drug-likeness (QED) is 0.856. The Bertz CT molecular complexity index is 630. The van der Waals surface area contributed by atoms with Crippen LogP contribution in [0.5, 0.6) is 5.75 Å². The van der Waals surface area contributed by atoms with E-state index in [0.29, 0.717) is 0 Å². The fourth-order valence-corrected chi connectivity index (χ4v) is 2.72. The SMILES string of the molecule is CC1CN(Cc2ccccc2Cl)c2cc(N)ccc2O1. The average Bonchev–Trinajstić information content (AvgIpc) is 2.42. The zero-order chi connectivity index (χ0) is 14.1. The van der Waals surface area contributed by atoms with Crippen molar-refractivity contribution in [3.8, 4) is 5.75 Å². The van der Waals surface area contributed by atoms with Crippen LogP contribution in [0.15, 0.2) is 42.5 Å². The molecule has 0 bridgehead atoms. The van der Waals surface area contributed by atoms with E-state index in [0.717, 1.165) is 40.8 Å². The lowest BCUT2D eigenvalue weighted by Crippen LogP contribution is -2.38. The van der Waals surface area contributed by atoms with Gasteiger partial charge in [-0.1, -0.05) is 29.8 Å². The van der Waals surface area contributed by atoms with Crippen LogP contribution in [0.3, 0.4) is 0 Å². The molecule has 3 nitrogen and oxygen atoms in total. The van der Waals surface area contributed by atoms with Gasteiger partial charge in [-0.2, -0.15) is 0 Å². The molecule has 104 valence electrons. The van der Waals surface area contributed by atoms with E-state index in [1.807, 2.05) is 36.4 Å². The zero-order valence-electron chi connectivity index (χ0n) is 11.3. The number of halogens is 1. The van der Waals surface area contributed by atoms with Gasteiger partial charge in [0.1, 0.15) is 11.9 Å². The Morgan fingerprint density at radius 2 is 2.10 bits per heavy atom. The summed E-state index contributed by atoms with van der Waals surface area (Å²) in [4.78, 5) is 2.26. The van der Waals surface area contributed by atoms with E-state index in [2.05, 4.69) is 17.9 Å². The summed E-state index contributed by atoms with van der Waals surface area (Å²) in [6.45, 7) is 3.64. The minimum Gasteiger partial charge on any atom is -0.487 e. The molecule has 2 aromatic rings. The van der Waals surface area contributed by atoms with Crippen LogP contribution in [0.4, 0.5) is 11.4 Å². The Balaban J connectivity index is 1.94. The average molecular weight is 289 g/mol. The molecule has 1 aliphatic heterocycles. The second-order valence-electron chi connectivity index (χ2n) is 5.13. The van der Waals surface area contributed by atoms with E-state index >= 15 is 0 Å². The molecule has 4 heteroatoms. The summed E-state index contributed by atoms with van der Waals surface area (Å²) in [6, 6.07) is 13.7. The predicted octanol–water partition coefficient (Wildman–Crippen LogP) is 3.71. The number of rotatable bonds is 2. The number of benzene rings is 2. The highest BCUT2D eigenvalue weighted by Crippen LogP contribution is 2.36. The molecule has 20 heavy (non-hydrogen) atoms. The van der Waals surface area contributed by atoms with E-state index in [1.54, 1.807) is 0 Å². The molecular formula is C16H17ClN2O. The first-order chi connectivity index (χ1) is 9.63. The number of fused-ring (bicyclic) bond motifs is 1. The molecular weight excluding hydrogens is 272 g/mol. The summed E-state index contributed by atoms with van der Waals surface area (Å²) in [5, 5.41) is 0.789. The highest BCUT2D eigenvalue weighted by Gasteiger charge is 2.23. The second kappa shape index (κ2) is 5.25. The van der Waals surface area contributed by atoms with Crippen molar-refractivity contribution in [1.82, 2.24) is 0 Å². The minimum atomic E-state index is 0.147. The molecule has 2 N–H and O–H groups in total. The van der Waals surface area contributed by atoms with E-state index in [4.69, 9.17) is 22.1 Å². The van der Waals surface area contributed by atoms with E-state index in [1.165, 1.54) is 0 Å². The van der Waals surface area contributed by atoms with Gasteiger partial charge in [-0.3, -0.25) is 0 Å². The van der Waals surface area contributed by atoms with Crippen LogP contribution < -0.4 is 15.4 Å². The molecule has 0 spiro atoms. The molecule has 0 fully saturated rings. The first-order valence-corrected chi connectivity index (χ1v) is 7.06. The molecule has 1 heterocycles. The summed E-state index contributed by atoms with van der Waals surface area (Å²) in [7, 11) is 0. The minimum absolute atomic E-state index is 0.147. The van der Waals surface area contributed by atoms with E-state index in [-0.39, 0.29) is 6.10 Å². The zero-order valence-corrected chi connectivity index (χ0v) is 12.1. The molecule has 2 aromatic carbocycles. The van der Waals surface area contributed by atoms with Gasteiger partial charge in [0.2, 0.25) is 0 Å². The molecule has 1 aliphatic rings. The summed E-state index contributed by atoms with van der Waals surface area (Å²) in [5.41, 5.74) is 8.77. The molecule has 0 aliphatic carbocycles. The van der Waals surface area contributed by atoms with Crippen LogP contribution in [0, 0.1) is 0 Å². The van der Waals surface area contributed by atoms with Gasteiger partial charge in [-0.05, 0) is 36.8 Å². The van der Waals surface area contributed by atoms with Gasteiger partial charge in [0.25, 0.3) is 0 Å². The number of nitrogens with zero attached hydrogens (tertiary/aromatic N) is 1. The van der Waals surface area contributed by atoms with Crippen LogP contribution in [-0.4, -0.2) is 12.6 Å². The molecule has 0 saturated carbocycles. The highest BCUT2D eigenvalue weighted by molar-refractivity contribution is 6.31. The van der Waals surface area contributed by atoms with Crippen molar-refractivity contribution in [2.24, 2.45) is 0 Å². The molecule has 0 aromatic heterocycles. The number of anilines is 2. The molecule has 0 saturated heterocycles. The maximum Gasteiger partial charge on any atom is 0.143 e. The van der Waals surface area contributed by atoms with Gasteiger partial charge in [0, 0.05) is 17.3 Å². The summed E-state index contributed by atoms with van der Waals surface area (Å²) >= 11 is 6.26. The standard InChI is InChI=1S/C16H17ClN2O/c1-11-9-19(10-12-4-2-3-5-14(12)17)15-8-13(18)6-7-16(15)20-11/h2-8,11H,9-10,18H2,1H3. The maximum atomic E-state index is 6.26. The fraction of sp³-hybridized carbons (Fsp3) is 0.250. The van der Waals surface area contributed by atoms with Gasteiger partial charge in [-0.15, -0.1) is 0 Å². The third kappa shape index (κ3) is 2.54. The number of nitrogens with two attached hydrogens (primary N) is 1. The molecule has 1 unspecified atom stereocenters. The number of ether oxygens (including phenoxy) is 1. The van der Waals surface area contributed by atoms with Crippen molar-refractivity contribution in [2.75, 3.05) is 17.2 Å². The predicted molar refractivity (Wildman–Crippen MR) is 83.4 cm³/mol. The van der Waals surface area contributed by atoms with Gasteiger partial charge in [-0.25, -0.2) is 0 Å². The monoisotopic (exact) mass is 288 g/mol. The highest BCUT2D eigenvalue weighted by atomic mass is 35.5. The Kier molecular flexibility index (Phi) is 3.45. The summed E-state index contributed by atoms with van der Waals surface area (Å²) in [5.74, 6) is 0.880. The normalized spacial score (nSPS) is 17.5. The van der Waals surface area contributed by atoms with Crippen molar-refractivity contribution in [3.05, 3.63) is 53.1 Å². The second-order valence-corrected chi connectivity index (χ2v) is 5.53. The lowest BCUT2D eigenvalue weighted by molar-refractivity contribution is 0.212. The van der Waals surface area contributed by atoms with Crippen LogP contribution in [0.1, 0.15) is 12.5 Å². The van der Waals surface area contributed by atoms with Crippen LogP contribution in [0.2, 0.25) is 5.02 Å². The smallest absolute Gasteiger partial charge is 0.143 e. The maximum absolute atomic E-state index is 6.26. The Labute approximate surface area is 123 Å². The Hall–Kier alpha value is -1.87. The van der Waals surface area contributed by atoms with Crippen molar-refractivity contribution < 1.29 is 4.74 Å². The van der Waals surface area contributed by atoms with Crippen molar-refractivity contribution in [2.45, 2.75) is 19.6 Å². The molecule has 1 atom stereocenters. The first kappa shape index (κ1) is 13.1. The molecule has 0 radical (unpaired) electrons.